The third-order valence-corrected chi connectivity index (χ3v) is 3.91. The Bertz CT molecular complexity index is 538. The minimum absolute atomic E-state index is 0.123. The van der Waals surface area contributed by atoms with Gasteiger partial charge in [0.05, 0.1) is 18.6 Å². The fourth-order valence-corrected chi connectivity index (χ4v) is 2.44. The number of carbonyl (C=O) groups is 2. The van der Waals surface area contributed by atoms with Gasteiger partial charge in [0.15, 0.2) is 0 Å². The van der Waals surface area contributed by atoms with Gasteiger partial charge < -0.3 is 19.0 Å². The van der Waals surface area contributed by atoms with Gasteiger partial charge >= 0.3 is 6.16 Å². The van der Waals surface area contributed by atoms with Crippen LogP contribution in [0.25, 0.3) is 0 Å². The summed E-state index contributed by atoms with van der Waals surface area (Å²) in [5.74, 6) is 0.581. The number of hydrogen-bond donors (Lipinski definition) is 0. The van der Waals surface area contributed by atoms with Gasteiger partial charge in [-0.1, -0.05) is 45.0 Å². The van der Waals surface area contributed by atoms with Gasteiger partial charge in [0, 0.05) is 6.42 Å². The van der Waals surface area contributed by atoms with Crippen molar-refractivity contribution in [3.63, 3.8) is 0 Å². The lowest BCUT2D eigenvalue weighted by molar-refractivity contribution is -0.138. The first-order valence-electron chi connectivity index (χ1n) is 8.85. The molecule has 0 aliphatic carbocycles. The molecule has 0 aliphatic heterocycles. The first-order valence-corrected chi connectivity index (χ1v) is 8.85. The molecule has 25 heavy (non-hydrogen) atoms. The van der Waals surface area contributed by atoms with Gasteiger partial charge in [0.25, 0.3) is 0 Å². The zero-order valence-corrected chi connectivity index (χ0v) is 15.9. The van der Waals surface area contributed by atoms with Crippen LogP contribution >= 0.6 is 0 Å². The van der Waals surface area contributed by atoms with Gasteiger partial charge in [-0.25, -0.2) is 4.79 Å². The maximum Gasteiger partial charge on any atom is 0.510 e. The second-order valence-electron chi connectivity index (χ2n) is 6.78. The number of aldehydes is 1. The van der Waals surface area contributed by atoms with Crippen molar-refractivity contribution in [3.8, 4) is 0 Å². The number of benzene rings is 1. The quantitative estimate of drug-likeness (QED) is 0.358. The Hall–Kier alpha value is -1.88. The first-order chi connectivity index (χ1) is 11.8. The fraction of sp³-hybridized carbons (Fsp3) is 0.600. The summed E-state index contributed by atoms with van der Waals surface area (Å²) in [7, 11) is 0. The number of ether oxygens (including phenoxy) is 3. The Morgan fingerprint density at radius 1 is 1.20 bits per heavy atom. The van der Waals surface area contributed by atoms with Crippen LogP contribution in [0.1, 0.15) is 52.2 Å². The Labute approximate surface area is 150 Å². The zero-order valence-electron chi connectivity index (χ0n) is 15.9. The van der Waals surface area contributed by atoms with E-state index in [1.807, 2.05) is 38.1 Å². The number of carbonyl (C=O) groups excluding carboxylic acids is 2. The van der Waals surface area contributed by atoms with Crippen molar-refractivity contribution in [1.29, 1.82) is 0 Å². The topological polar surface area (TPSA) is 61.8 Å². The smallest absolute Gasteiger partial charge is 0.435 e. The van der Waals surface area contributed by atoms with Gasteiger partial charge in [-0.3, -0.25) is 0 Å². The normalized spacial score (nSPS) is 14.6. The predicted octanol–water partition coefficient (Wildman–Crippen LogP) is 4.27. The highest BCUT2D eigenvalue weighted by atomic mass is 16.8. The Morgan fingerprint density at radius 2 is 1.84 bits per heavy atom. The Balaban J connectivity index is 2.74. The lowest BCUT2D eigenvalue weighted by Crippen LogP contribution is -2.34. The molecule has 5 nitrogen and oxygen atoms in total. The van der Waals surface area contributed by atoms with E-state index in [9.17, 15) is 9.59 Å². The molecular weight excluding hydrogens is 320 g/mol. The summed E-state index contributed by atoms with van der Waals surface area (Å²) in [5.41, 5.74) is 1.31. The molecule has 0 radical (unpaired) electrons. The van der Waals surface area contributed by atoms with Crippen LogP contribution in [0.2, 0.25) is 0 Å². The summed E-state index contributed by atoms with van der Waals surface area (Å²) in [4.78, 5) is 23.1. The molecular formula is C20H30O5. The van der Waals surface area contributed by atoms with E-state index in [2.05, 4.69) is 13.8 Å². The van der Waals surface area contributed by atoms with E-state index in [0.29, 0.717) is 12.3 Å². The van der Waals surface area contributed by atoms with E-state index in [4.69, 9.17) is 14.2 Å². The van der Waals surface area contributed by atoms with Crippen molar-refractivity contribution in [2.24, 2.45) is 5.92 Å². The fourth-order valence-electron chi connectivity index (χ4n) is 2.44. The minimum atomic E-state index is -0.804. The van der Waals surface area contributed by atoms with E-state index < -0.39 is 17.9 Å². The molecule has 0 N–H and O–H groups in total. The number of rotatable bonds is 10. The molecule has 1 rings (SSSR count). The predicted molar refractivity (Wildman–Crippen MR) is 96.5 cm³/mol. The third kappa shape index (κ3) is 6.86. The van der Waals surface area contributed by atoms with E-state index in [1.165, 1.54) is 5.56 Å². The Morgan fingerprint density at radius 3 is 2.32 bits per heavy atom. The van der Waals surface area contributed by atoms with Gasteiger partial charge in [0.1, 0.15) is 6.29 Å². The van der Waals surface area contributed by atoms with Crippen molar-refractivity contribution < 1.29 is 23.8 Å². The van der Waals surface area contributed by atoms with Gasteiger partial charge in [-0.15, -0.1) is 0 Å². The van der Waals surface area contributed by atoms with Crippen LogP contribution < -0.4 is 0 Å². The second-order valence-corrected chi connectivity index (χ2v) is 6.78. The van der Waals surface area contributed by atoms with Crippen LogP contribution in [0.4, 0.5) is 4.79 Å². The average molecular weight is 350 g/mol. The molecule has 140 valence electrons. The molecule has 0 aromatic heterocycles. The molecule has 1 aromatic rings. The van der Waals surface area contributed by atoms with Crippen molar-refractivity contribution in [2.75, 3.05) is 13.2 Å². The summed E-state index contributed by atoms with van der Waals surface area (Å²) < 4.78 is 15.5. The lowest BCUT2D eigenvalue weighted by atomic mass is 9.84. The molecule has 2 unspecified atom stereocenters. The van der Waals surface area contributed by atoms with Crippen molar-refractivity contribution in [3.05, 3.63) is 35.4 Å². The molecule has 0 fully saturated rings. The monoisotopic (exact) mass is 350 g/mol. The largest absolute Gasteiger partial charge is 0.510 e. The minimum Gasteiger partial charge on any atom is -0.435 e. The van der Waals surface area contributed by atoms with Gasteiger partial charge in [-0.05, 0) is 37.3 Å². The van der Waals surface area contributed by atoms with Crippen LogP contribution in [0.5, 0.6) is 0 Å². The summed E-state index contributed by atoms with van der Waals surface area (Å²) >= 11 is 0. The van der Waals surface area contributed by atoms with Crippen LogP contribution in [-0.2, 0) is 30.8 Å². The maximum atomic E-state index is 11.7. The molecule has 0 amide bonds. The summed E-state index contributed by atoms with van der Waals surface area (Å²) in [6.45, 7) is 10.1. The molecule has 0 bridgehead atoms. The molecule has 0 aliphatic rings. The SMILES string of the molecule is CCOC(=O)OC(CC)OCC(C)(C=O)c1ccc(CC(C)C)cc1. The molecule has 0 heterocycles. The van der Waals surface area contributed by atoms with Crippen molar-refractivity contribution in [1.82, 2.24) is 0 Å². The molecule has 2 atom stereocenters. The van der Waals surface area contributed by atoms with Crippen LogP contribution in [0.15, 0.2) is 24.3 Å². The van der Waals surface area contributed by atoms with Crippen molar-refractivity contribution >= 4 is 12.4 Å². The highest BCUT2D eigenvalue weighted by Gasteiger charge is 2.28. The van der Waals surface area contributed by atoms with Crippen LogP contribution in [-0.4, -0.2) is 31.9 Å². The third-order valence-electron chi connectivity index (χ3n) is 3.91. The lowest BCUT2D eigenvalue weighted by Gasteiger charge is -2.26. The highest BCUT2D eigenvalue weighted by Crippen LogP contribution is 2.24. The molecule has 0 saturated carbocycles. The van der Waals surface area contributed by atoms with E-state index >= 15 is 0 Å². The van der Waals surface area contributed by atoms with E-state index in [0.717, 1.165) is 18.3 Å². The van der Waals surface area contributed by atoms with Crippen molar-refractivity contribution in [2.45, 2.75) is 59.2 Å². The molecule has 0 saturated heterocycles. The number of hydrogen-bond acceptors (Lipinski definition) is 5. The summed E-state index contributed by atoms with van der Waals surface area (Å²) in [6, 6.07) is 8.01. The first kappa shape index (κ1) is 21.2. The van der Waals surface area contributed by atoms with E-state index in [1.54, 1.807) is 6.92 Å². The highest BCUT2D eigenvalue weighted by molar-refractivity contribution is 5.68. The second kappa shape index (κ2) is 10.2. The molecule has 0 spiro atoms. The van der Waals surface area contributed by atoms with Crippen LogP contribution in [0, 0.1) is 5.92 Å². The average Bonchev–Trinajstić information content (AvgIpc) is 2.58. The Kier molecular flexibility index (Phi) is 8.62. The van der Waals surface area contributed by atoms with Gasteiger partial charge in [0.2, 0.25) is 6.29 Å². The molecule has 1 aromatic carbocycles. The standard InChI is InChI=1S/C20H30O5/c1-6-18(25-19(22)23-7-2)24-14-20(5,13-21)17-10-8-16(9-11-17)12-15(3)4/h8-11,13,15,18H,6-7,12,14H2,1-5H3. The van der Waals surface area contributed by atoms with Gasteiger partial charge in [-0.2, -0.15) is 0 Å². The summed E-state index contributed by atoms with van der Waals surface area (Å²) in [5, 5.41) is 0. The van der Waals surface area contributed by atoms with Crippen LogP contribution in [0.3, 0.4) is 0 Å². The zero-order chi connectivity index (χ0) is 18.9. The maximum absolute atomic E-state index is 11.7. The summed E-state index contributed by atoms with van der Waals surface area (Å²) in [6.07, 6.45) is 0.849. The van der Waals surface area contributed by atoms with E-state index in [-0.39, 0.29) is 13.2 Å². The molecule has 5 heteroatoms.